The van der Waals surface area contributed by atoms with Gasteiger partial charge in [0.2, 0.25) is 11.7 Å². The zero-order chi connectivity index (χ0) is 30.2. The zero-order valence-corrected chi connectivity index (χ0v) is 23.4. The number of rotatable bonds is 7. The summed E-state index contributed by atoms with van der Waals surface area (Å²) in [4.78, 5) is 35.6. The molecule has 1 amide bonds. The molecule has 2 aliphatic rings. The normalized spacial score (nSPS) is 17.7. The predicted molar refractivity (Wildman–Crippen MR) is 149 cm³/mol. The Morgan fingerprint density at radius 1 is 0.930 bits per heavy atom. The summed E-state index contributed by atoms with van der Waals surface area (Å²) in [6.45, 7) is 0.151. The lowest BCUT2D eigenvalue weighted by Crippen LogP contribution is -2.54. The zero-order valence-electron chi connectivity index (χ0n) is 22.6. The average Bonchev–Trinajstić information content (AvgIpc) is 3.01. The van der Waals surface area contributed by atoms with Crippen molar-refractivity contribution >= 4 is 34.3 Å². The summed E-state index contributed by atoms with van der Waals surface area (Å²) in [6, 6.07) is 3.80. The maximum Gasteiger partial charge on any atom is 0.272 e. The minimum atomic E-state index is -2.25. The molecule has 1 saturated carbocycles. The van der Waals surface area contributed by atoms with Crippen LogP contribution in [0.25, 0.3) is 10.8 Å². The molecule has 2 aromatic heterocycles. The van der Waals surface area contributed by atoms with Gasteiger partial charge in [0.15, 0.2) is 23.3 Å². The molecule has 2 fully saturated rings. The van der Waals surface area contributed by atoms with Crippen LogP contribution < -0.4 is 10.5 Å². The van der Waals surface area contributed by atoms with Crippen LogP contribution in [0.4, 0.5) is 27.6 Å². The Kier molecular flexibility index (Phi) is 8.14. The van der Waals surface area contributed by atoms with E-state index in [-0.39, 0.29) is 19.5 Å². The maximum absolute atomic E-state index is 14.4. The van der Waals surface area contributed by atoms with Crippen molar-refractivity contribution in [3.05, 3.63) is 87.6 Å². The lowest BCUT2D eigenvalue weighted by Gasteiger charge is -2.41. The van der Waals surface area contributed by atoms with Gasteiger partial charge < -0.3 is 4.90 Å². The fraction of sp³-hybridized carbons (Fsp3) is 0.345. The van der Waals surface area contributed by atoms with Crippen molar-refractivity contribution in [1.29, 1.82) is 0 Å². The van der Waals surface area contributed by atoms with Crippen molar-refractivity contribution in [3.63, 3.8) is 0 Å². The summed E-state index contributed by atoms with van der Waals surface area (Å²) in [7, 11) is 0. The number of hydrogen-bond donors (Lipinski definition) is 1. The van der Waals surface area contributed by atoms with E-state index in [0.29, 0.717) is 40.0 Å². The third kappa shape index (κ3) is 5.60. The van der Waals surface area contributed by atoms with Crippen LogP contribution in [-0.2, 0) is 11.3 Å². The highest BCUT2D eigenvalue weighted by Crippen LogP contribution is 2.39. The molecule has 224 valence electrons. The standard InChI is InChI=1S/C29H25F5N6O2S/c30-22-23(31)25(33)27(26(34)24(22)32)43-40-9-8-21(40)29(42)39(18-6-7-19-16(10-18)11-37-38-28(19)41)14-17-12-36-20(13-35-17)15-4-2-1-3-5-15/h6-7,10-13,15,21H,1-5,8-9,14H2,(H,38,41)/t21-/m1/s1. The Labute approximate surface area is 246 Å². The first-order valence-electron chi connectivity index (χ1n) is 13.8. The molecule has 1 atom stereocenters. The van der Waals surface area contributed by atoms with Gasteiger partial charge in [0, 0.05) is 29.7 Å². The van der Waals surface area contributed by atoms with Gasteiger partial charge >= 0.3 is 0 Å². The number of hydrogen-bond acceptors (Lipinski definition) is 7. The second kappa shape index (κ2) is 12.0. The number of amides is 1. The summed E-state index contributed by atoms with van der Waals surface area (Å²) < 4.78 is 71.3. The summed E-state index contributed by atoms with van der Waals surface area (Å²) in [5, 5.41) is 7.00. The van der Waals surface area contributed by atoms with Crippen LogP contribution >= 0.6 is 11.9 Å². The van der Waals surface area contributed by atoms with E-state index in [2.05, 4.69) is 20.2 Å². The van der Waals surface area contributed by atoms with Crippen molar-refractivity contribution in [3.8, 4) is 0 Å². The number of H-pyrrole nitrogens is 1. The summed E-state index contributed by atoms with van der Waals surface area (Å²) in [5.74, 6) is -10.4. The topological polar surface area (TPSA) is 95.1 Å². The Morgan fingerprint density at radius 2 is 1.65 bits per heavy atom. The minimum absolute atomic E-state index is 0.0174. The molecular formula is C29H25F5N6O2S. The van der Waals surface area contributed by atoms with E-state index in [1.807, 2.05) is 0 Å². The van der Waals surface area contributed by atoms with Crippen LogP contribution in [0.15, 0.2) is 46.5 Å². The highest BCUT2D eigenvalue weighted by atomic mass is 32.2. The average molecular weight is 617 g/mol. The van der Waals surface area contributed by atoms with Crippen molar-refractivity contribution in [1.82, 2.24) is 24.5 Å². The molecule has 0 spiro atoms. The molecule has 0 unspecified atom stereocenters. The van der Waals surface area contributed by atoms with Crippen LogP contribution in [-0.4, -0.2) is 43.0 Å². The van der Waals surface area contributed by atoms with Crippen LogP contribution in [0.3, 0.4) is 0 Å². The SMILES string of the molecule is O=C([C@H]1CCN1Sc1c(F)c(F)c(F)c(F)c1F)N(Cc1cnc(C2CCCCC2)cn1)c1ccc2c(=O)[nH]ncc2c1. The van der Waals surface area contributed by atoms with Gasteiger partial charge in [-0.15, -0.1) is 0 Å². The van der Waals surface area contributed by atoms with Crippen molar-refractivity contribution in [2.75, 3.05) is 11.4 Å². The van der Waals surface area contributed by atoms with Crippen LogP contribution in [0, 0.1) is 29.1 Å². The van der Waals surface area contributed by atoms with Crippen molar-refractivity contribution < 1.29 is 26.7 Å². The molecule has 2 aromatic carbocycles. The first-order valence-corrected chi connectivity index (χ1v) is 14.6. The molecule has 3 heterocycles. The molecular weight excluding hydrogens is 591 g/mol. The van der Waals surface area contributed by atoms with E-state index in [1.165, 1.54) is 21.8 Å². The van der Waals surface area contributed by atoms with E-state index >= 15 is 0 Å². The van der Waals surface area contributed by atoms with E-state index in [4.69, 9.17) is 0 Å². The number of halogens is 5. The molecule has 1 saturated heterocycles. The van der Waals surface area contributed by atoms with E-state index in [9.17, 15) is 31.5 Å². The highest BCUT2D eigenvalue weighted by molar-refractivity contribution is 7.97. The lowest BCUT2D eigenvalue weighted by molar-refractivity contribution is -0.124. The van der Waals surface area contributed by atoms with Gasteiger partial charge in [-0.3, -0.25) is 19.6 Å². The number of nitrogens with zero attached hydrogens (tertiary/aromatic N) is 5. The van der Waals surface area contributed by atoms with E-state index in [1.54, 1.807) is 30.6 Å². The first kappa shape index (κ1) is 29.2. The van der Waals surface area contributed by atoms with Gasteiger partial charge in [0.25, 0.3) is 5.56 Å². The number of aromatic nitrogens is 4. The molecule has 0 bridgehead atoms. The Bertz CT molecular complexity index is 1720. The van der Waals surface area contributed by atoms with Gasteiger partial charge in [0.05, 0.1) is 35.7 Å². The molecule has 1 N–H and O–H groups in total. The Morgan fingerprint density at radius 3 is 2.30 bits per heavy atom. The van der Waals surface area contributed by atoms with E-state index in [0.717, 1.165) is 31.4 Å². The fourth-order valence-corrected chi connectivity index (χ4v) is 6.54. The predicted octanol–water partition coefficient (Wildman–Crippen LogP) is 5.77. The summed E-state index contributed by atoms with van der Waals surface area (Å²) in [6.07, 6.45) is 10.6. The number of carbonyl (C=O) groups excluding carboxylic acids is 1. The second-order valence-corrected chi connectivity index (χ2v) is 11.7. The smallest absolute Gasteiger partial charge is 0.272 e. The summed E-state index contributed by atoms with van der Waals surface area (Å²) in [5.41, 5.74) is 1.36. The third-order valence-corrected chi connectivity index (χ3v) is 9.14. The monoisotopic (exact) mass is 616 g/mol. The molecule has 0 radical (unpaired) electrons. The number of nitrogens with one attached hydrogen (secondary N) is 1. The van der Waals surface area contributed by atoms with Gasteiger partial charge in [-0.2, -0.15) is 5.10 Å². The number of benzene rings is 2. The quantitative estimate of drug-likeness (QED) is 0.122. The summed E-state index contributed by atoms with van der Waals surface area (Å²) >= 11 is 0.304. The van der Waals surface area contributed by atoms with Gasteiger partial charge in [0.1, 0.15) is 10.9 Å². The second-order valence-electron chi connectivity index (χ2n) is 10.6. The number of aromatic amines is 1. The Balaban J connectivity index is 1.30. The molecule has 6 rings (SSSR count). The largest absolute Gasteiger partial charge is 0.305 e. The minimum Gasteiger partial charge on any atom is -0.305 e. The Hall–Kier alpha value is -3.91. The molecule has 14 heteroatoms. The van der Waals surface area contributed by atoms with Crippen LogP contribution in [0.2, 0.25) is 0 Å². The van der Waals surface area contributed by atoms with Gasteiger partial charge in [-0.1, -0.05) is 19.3 Å². The number of anilines is 1. The molecule has 1 aliphatic carbocycles. The van der Waals surface area contributed by atoms with Gasteiger partial charge in [-0.25, -0.2) is 31.4 Å². The lowest BCUT2D eigenvalue weighted by atomic mass is 9.87. The third-order valence-electron chi connectivity index (χ3n) is 7.93. The van der Waals surface area contributed by atoms with Crippen molar-refractivity contribution in [2.24, 2.45) is 0 Å². The number of fused-ring (bicyclic) bond motifs is 1. The van der Waals surface area contributed by atoms with E-state index < -0.39 is 51.5 Å². The van der Waals surface area contributed by atoms with Crippen LogP contribution in [0.5, 0.6) is 0 Å². The fourth-order valence-electron chi connectivity index (χ4n) is 5.45. The van der Waals surface area contributed by atoms with Crippen molar-refractivity contribution in [2.45, 2.75) is 61.9 Å². The molecule has 1 aliphatic heterocycles. The first-order chi connectivity index (χ1) is 20.7. The van der Waals surface area contributed by atoms with Crippen LogP contribution in [0.1, 0.15) is 55.8 Å². The molecule has 4 aromatic rings. The maximum atomic E-state index is 14.4. The molecule has 8 nitrogen and oxygen atoms in total. The van der Waals surface area contributed by atoms with Gasteiger partial charge in [-0.05, 0) is 49.4 Å². The highest BCUT2D eigenvalue weighted by Gasteiger charge is 2.40. The number of carbonyl (C=O) groups is 1. The molecule has 43 heavy (non-hydrogen) atoms.